The third kappa shape index (κ3) is 3.82. The van der Waals surface area contributed by atoms with Gasteiger partial charge in [0, 0.05) is 24.4 Å². The van der Waals surface area contributed by atoms with Gasteiger partial charge in [-0.25, -0.2) is 9.78 Å². The molecule has 3 rings (SSSR count). The van der Waals surface area contributed by atoms with Crippen LogP contribution in [0.5, 0.6) is 0 Å². The Bertz CT molecular complexity index is 756. The highest BCUT2D eigenvalue weighted by Crippen LogP contribution is 2.28. The Morgan fingerprint density at radius 1 is 1.42 bits per heavy atom. The number of amides is 1. The lowest BCUT2D eigenvalue weighted by Gasteiger charge is -2.33. The number of aryl methyl sites for hydroxylation is 1. The average Bonchev–Trinajstić information content (AvgIpc) is 3.00. The maximum Gasteiger partial charge on any atom is 0.335 e. The van der Waals surface area contributed by atoms with Crippen LogP contribution >= 0.6 is 11.3 Å². The number of aromatic nitrogens is 1. The number of nitrogens with zero attached hydrogens (tertiary/aromatic N) is 2. The van der Waals surface area contributed by atoms with Gasteiger partial charge in [0.05, 0.1) is 22.7 Å². The second-order valence-corrected chi connectivity index (χ2v) is 7.21. The highest BCUT2D eigenvalue weighted by atomic mass is 32.1. The summed E-state index contributed by atoms with van der Waals surface area (Å²) in [5, 5.41) is 12.1. The number of hydrogen-bond acceptors (Lipinski definition) is 4. The van der Waals surface area contributed by atoms with E-state index in [0.717, 1.165) is 35.7 Å². The van der Waals surface area contributed by atoms with Crippen LogP contribution in [0.4, 0.5) is 0 Å². The highest BCUT2D eigenvalue weighted by Gasteiger charge is 2.25. The van der Waals surface area contributed by atoms with E-state index in [0.29, 0.717) is 18.5 Å². The summed E-state index contributed by atoms with van der Waals surface area (Å²) < 4.78 is 0. The number of rotatable bonds is 4. The monoisotopic (exact) mass is 344 g/mol. The van der Waals surface area contributed by atoms with E-state index in [1.165, 1.54) is 0 Å². The number of carboxylic acids is 1. The van der Waals surface area contributed by atoms with Gasteiger partial charge in [0.25, 0.3) is 0 Å². The highest BCUT2D eigenvalue weighted by molar-refractivity contribution is 7.09. The fraction of sp³-hybridized carbons (Fsp3) is 0.389. The standard InChI is InChI=1S/C18H20N2O3S/c1-12-19-16(11-24-12)9-17(21)20-7-3-6-15(10-20)13-4-2-5-14(8-13)18(22)23/h2,4-5,8,11,15H,3,6-7,9-10H2,1H3,(H,22,23)/t15-/m1/s1. The number of thiazole rings is 1. The molecule has 0 bridgehead atoms. The minimum atomic E-state index is -0.917. The molecule has 0 unspecified atom stereocenters. The molecule has 0 aliphatic carbocycles. The summed E-state index contributed by atoms with van der Waals surface area (Å²) >= 11 is 1.56. The minimum Gasteiger partial charge on any atom is -0.478 e. The Hall–Kier alpha value is -2.21. The van der Waals surface area contributed by atoms with Crippen molar-refractivity contribution >= 4 is 23.2 Å². The van der Waals surface area contributed by atoms with E-state index in [-0.39, 0.29) is 11.8 Å². The van der Waals surface area contributed by atoms with Crippen LogP contribution in [0.15, 0.2) is 29.6 Å². The first kappa shape index (κ1) is 16.6. The summed E-state index contributed by atoms with van der Waals surface area (Å²) in [5.74, 6) is -0.627. The van der Waals surface area contributed by atoms with E-state index < -0.39 is 5.97 Å². The van der Waals surface area contributed by atoms with Crippen LogP contribution in [0.1, 0.15) is 45.4 Å². The number of likely N-dealkylation sites (tertiary alicyclic amines) is 1. The van der Waals surface area contributed by atoms with Gasteiger partial charge in [0.2, 0.25) is 5.91 Å². The number of carbonyl (C=O) groups is 2. The van der Waals surface area contributed by atoms with Crippen molar-refractivity contribution < 1.29 is 14.7 Å². The van der Waals surface area contributed by atoms with Gasteiger partial charge in [-0.05, 0) is 37.5 Å². The summed E-state index contributed by atoms with van der Waals surface area (Å²) in [6.07, 6.45) is 2.25. The number of carboxylic acid groups (broad SMARTS) is 1. The van der Waals surface area contributed by atoms with Crippen LogP contribution in [-0.4, -0.2) is 40.0 Å². The van der Waals surface area contributed by atoms with E-state index in [2.05, 4.69) is 4.98 Å². The number of hydrogen-bond donors (Lipinski definition) is 1. The lowest BCUT2D eigenvalue weighted by molar-refractivity contribution is -0.131. The Morgan fingerprint density at radius 2 is 2.25 bits per heavy atom. The predicted octanol–water partition coefficient (Wildman–Crippen LogP) is 3.10. The zero-order valence-electron chi connectivity index (χ0n) is 13.6. The lowest BCUT2D eigenvalue weighted by atomic mass is 9.89. The number of piperidine rings is 1. The maximum absolute atomic E-state index is 12.5. The van der Waals surface area contributed by atoms with E-state index in [4.69, 9.17) is 5.11 Å². The van der Waals surface area contributed by atoms with E-state index >= 15 is 0 Å². The topological polar surface area (TPSA) is 70.5 Å². The Labute approximate surface area is 145 Å². The normalized spacial score (nSPS) is 17.7. The third-order valence-corrected chi connectivity index (χ3v) is 5.20. The maximum atomic E-state index is 12.5. The summed E-state index contributed by atoms with van der Waals surface area (Å²) in [4.78, 5) is 29.9. The Morgan fingerprint density at radius 3 is 2.96 bits per heavy atom. The van der Waals surface area contributed by atoms with Crippen LogP contribution in [0, 0.1) is 6.92 Å². The molecule has 1 aromatic carbocycles. The lowest BCUT2D eigenvalue weighted by Crippen LogP contribution is -2.40. The van der Waals surface area contributed by atoms with Gasteiger partial charge in [0.15, 0.2) is 0 Å². The Balaban J connectivity index is 1.68. The van der Waals surface area contributed by atoms with Crippen molar-refractivity contribution in [3.05, 3.63) is 51.5 Å². The quantitative estimate of drug-likeness (QED) is 0.925. The van der Waals surface area contributed by atoms with Gasteiger partial charge in [-0.2, -0.15) is 0 Å². The molecule has 1 amide bonds. The second-order valence-electron chi connectivity index (χ2n) is 6.14. The molecule has 126 valence electrons. The molecule has 1 fully saturated rings. The smallest absolute Gasteiger partial charge is 0.335 e. The summed E-state index contributed by atoms with van der Waals surface area (Å²) in [7, 11) is 0. The molecule has 2 heterocycles. The number of aromatic carboxylic acids is 1. The van der Waals surface area contributed by atoms with Gasteiger partial charge in [-0.15, -0.1) is 11.3 Å². The van der Waals surface area contributed by atoms with Crippen LogP contribution in [-0.2, 0) is 11.2 Å². The molecule has 1 N–H and O–H groups in total. The zero-order chi connectivity index (χ0) is 17.1. The van der Waals surface area contributed by atoms with Crippen molar-refractivity contribution in [1.29, 1.82) is 0 Å². The largest absolute Gasteiger partial charge is 0.478 e. The van der Waals surface area contributed by atoms with Crippen molar-refractivity contribution in [2.45, 2.75) is 32.1 Å². The van der Waals surface area contributed by atoms with Crippen LogP contribution in [0.2, 0.25) is 0 Å². The fourth-order valence-electron chi connectivity index (χ4n) is 3.16. The first-order valence-corrected chi connectivity index (χ1v) is 8.93. The SMILES string of the molecule is Cc1nc(CC(=O)N2CCC[C@@H](c3cccc(C(=O)O)c3)C2)cs1. The molecular weight excluding hydrogens is 324 g/mol. The molecule has 0 radical (unpaired) electrons. The molecule has 1 saturated heterocycles. The van der Waals surface area contributed by atoms with E-state index in [1.54, 1.807) is 29.5 Å². The summed E-state index contributed by atoms with van der Waals surface area (Å²) in [6, 6.07) is 7.05. The summed E-state index contributed by atoms with van der Waals surface area (Å²) in [6.45, 7) is 3.34. The first-order chi connectivity index (χ1) is 11.5. The molecule has 5 nitrogen and oxygen atoms in total. The van der Waals surface area contributed by atoms with Crippen LogP contribution < -0.4 is 0 Å². The molecule has 1 aromatic heterocycles. The van der Waals surface area contributed by atoms with Crippen LogP contribution in [0.3, 0.4) is 0 Å². The Kier molecular flexibility index (Phi) is 4.94. The van der Waals surface area contributed by atoms with Crippen LogP contribution in [0.25, 0.3) is 0 Å². The third-order valence-electron chi connectivity index (χ3n) is 4.38. The number of carbonyl (C=O) groups excluding carboxylic acids is 1. The molecule has 2 aromatic rings. The molecular formula is C18H20N2O3S. The molecule has 1 atom stereocenters. The number of benzene rings is 1. The van der Waals surface area contributed by atoms with Crippen molar-refractivity contribution in [2.75, 3.05) is 13.1 Å². The van der Waals surface area contributed by atoms with E-state index in [1.807, 2.05) is 23.3 Å². The molecule has 24 heavy (non-hydrogen) atoms. The minimum absolute atomic E-state index is 0.0967. The van der Waals surface area contributed by atoms with Gasteiger partial charge in [-0.1, -0.05) is 12.1 Å². The molecule has 0 saturated carbocycles. The first-order valence-electron chi connectivity index (χ1n) is 8.05. The molecule has 1 aliphatic heterocycles. The van der Waals surface area contributed by atoms with Gasteiger partial charge in [0.1, 0.15) is 0 Å². The van der Waals surface area contributed by atoms with Gasteiger partial charge in [-0.3, -0.25) is 4.79 Å². The van der Waals surface area contributed by atoms with Crippen molar-refractivity contribution in [1.82, 2.24) is 9.88 Å². The summed E-state index contributed by atoms with van der Waals surface area (Å²) in [5.41, 5.74) is 2.13. The van der Waals surface area contributed by atoms with Gasteiger partial charge >= 0.3 is 5.97 Å². The van der Waals surface area contributed by atoms with Crippen molar-refractivity contribution in [3.63, 3.8) is 0 Å². The van der Waals surface area contributed by atoms with Crippen molar-refractivity contribution in [2.24, 2.45) is 0 Å². The van der Waals surface area contributed by atoms with E-state index in [9.17, 15) is 9.59 Å². The second kappa shape index (κ2) is 7.13. The predicted molar refractivity (Wildman–Crippen MR) is 92.5 cm³/mol. The zero-order valence-corrected chi connectivity index (χ0v) is 14.4. The molecule has 1 aliphatic rings. The average molecular weight is 344 g/mol. The molecule has 0 spiro atoms. The molecule has 6 heteroatoms. The van der Waals surface area contributed by atoms with Crippen molar-refractivity contribution in [3.8, 4) is 0 Å². The van der Waals surface area contributed by atoms with Gasteiger partial charge < -0.3 is 10.0 Å². The fourth-order valence-corrected chi connectivity index (χ4v) is 3.77.